The van der Waals surface area contributed by atoms with Crippen molar-refractivity contribution in [2.75, 3.05) is 11.9 Å². The number of aromatic nitrogens is 2. The van der Waals surface area contributed by atoms with Crippen molar-refractivity contribution in [3.05, 3.63) is 89.4 Å². The predicted octanol–water partition coefficient (Wildman–Crippen LogP) is 3.73. The van der Waals surface area contributed by atoms with Gasteiger partial charge in [-0.1, -0.05) is 36.3 Å². The second-order valence-electron chi connectivity index (χ2n) is 5.70. The van der Waals surface area contributed by atoms with Crippen molar-refractivity contribution in [2.24, 2.45) is 0 Å². The van der Waals surface area contributed by atoms with E-state index < -0.39 is 0 Å². The van der Waals surface area contributed by atoms with Crippen LogP contribution < -0.4 is 5.32 Å². The van der Waals surface area contributed by atoms with E-state index in [1.54, 1.807) is 31.5 Å². The van der Waals surface area contributed by atoms with E-state index in [0.29, 0.717) is 22.6 Å². The summed E-state index contributed by atoms with van der Waals surface area (Å²) >= 11 is 0. The van der Waals surface area contributed by atoms with Gasteiger partial charge in [-0.15, -0.1) is 5.92 Å². The molecule has 128 valence electrons. The third-order valence-corrected chi connectivity index (χ3v) is 3.86. The van der Waals surface area contributed by atoms with Crippen molar-refractivity contribution in [3.63, 3.8) is 0 Å². The lowest BCUT2D eigenvalue weighted by Crippen LogP contribution is -2.11. The number of pyridine rings is 2. The molecule has 0 saturated carbocycles. The molecule has 26 heavy (non-hydrogen) atoms. The summed E-state index contributed by atoms with van der Waals surface area (Å²) in [5.74, 6) is 6.27. The van der Waals surface area contributed by atoms with Gasteiger partial charge in [0, 0.05) is 24.5 Å². The highest BCUT2D eigenvalue weighted by molar-refractivity contribution is 6.09. The lowest BCUT2D eigenvalue weighted by atomic mass is 10.1. The van der Waals surface area contributed by atoms with Crippen molar-refractivity contribution in [1.82, 2.24) is 9.97 Å². The van der Waals surface area contributed by atoms with Gasteiger partial charge in [0.25, 0.3) is 0 Å². The quantitative estimate of drug-likeness (QED) is 0.548. The Bertz CT molecular complexity index is 941. The minimum Gasteiger partial charge on any atom is -0.370 e. The van der Waals surface area contributed by atoms with Crippen molar-refractivity contribution in [3.8, 4) is 11.8 Å². The smallest absolute Gasteiger partial charge is 0.214 e. The van der Waals surface area contributed by atoms with Crippen molar-refractivity contribution in [2.45, 2.75) is 13.3 Å². The molecule has 0 aliphatic carbocycles. The monoisotopic (exact) mass is 341 g/mol. The first-order valence-corrected chi connectivity index (χ1v) is 8.44. The third-order valence-electron chi connectivity index (χ3n) is 3.86. The van der Waals surface area contributed by atoms with Crippen LogP contribution in [-0.2, 0) is 6.42 Å². The molecule has 0 amide bonds. The highest BCUT2D eigenvalue weighted by Gasteiger charge is 2.15. The van der Waals surface area contributed by atoms with Gasteiger partial charge >= 0.3 is 0 Å². The van der Waals surface area contributed by atoms with E-state index in [1.807, 2.05) is 30.3 Å². The van der Waals surface area contributed by atoms with Crippen LogP contribution in [0.3, 0.4) is 0 Å². The molecule has 0 atom stereocenters. The fourth-order valence-electron chi connectivity index (χ4n) is 2.58. The number of nitrogens with zero attached hydrogens (tertiary/aromatic N) is 2. The van der Waals surface area contributed by atoms with Crippen LogP contribution in [0.2, 0.25) is 0 Å². The topological polar surface area (TPSA) is 54.9 Å². The van der Waals surface area contributed by atoms with Crippen molar-refractivity contribution >= 4 is 11.6 Å². The minimum atomic E-state index is -0.178. The van der Waals surface area contributed by atoms with Gasteiger partial charge in [0.2, 0.25) is 5.78 Å². The molecular formula is C22H19N3O. The van der Waals surface area contributed by atoms with Gasteiger partial charge in [0.05, 0.1) is 5.56 Å². The highest BCUT2D eigenvalue weighted by Crippen LogP contribution is 2.15. The molecule has 2 heterocycles. The molecule has 2 aromatic heterocycles. The number of hydrogen-bond donors (Lipinski definition) is 1. The van der Waals surface area contributed by atoms with Gasteiger partial charge in [0.1, 0.15) is 11.5 Å². The Kier molecular flexibility index (Phi) is 5.74. The number of rotatable bonds is 6. The van der Waals surface area contributed by atoms with Crippen LogP contribution in [0.1, 0.15) is 34.1 Å². The number of hydrogen-bond acceptors (Lipinski definition) is 4. The van der Waals surface area contributed by atoms with Crippen LogP contribution in [0.4, 0.5) is 5.82 Å². The summed E-state index contributed by atoms with van der Waals surface area (Å²) in [4.78, 5) is 21.3. The molecule has 3 rings (SSSR count). The number of ketones is 1. The van der Waals surface area contributed by atoms with Gasteiger partial charge in [-0.3, -0.25) is 9.78 Å². The third kappa shape index (κ3) is 4.34. The Labute approximate surface area is 153 Å². The number of carbonyl (C=O) groups is 1. The second kappa shape index (κ2) is 8.59. The molecule has 3 aromatic rings. The molecule has 0 fully saturated rings. The Hall–Kier alpha value is -3.45. The normalized spacial score (nSPS) is 9.88. The van der Waals surface area contributed by atoms with E-state index in [4.69, 9.17) is 0 Å². The first kappa shape index (κ1) is 17.4. The number of carbonyl (C=O) groups excluding carboxylic acids is 1. The Morgan fingerprint density at radius 2 is 1.92 bits per heavy atom. The van der Waals surface area contributed by atoms with Crippen molar-refractivity contribution in [1.29, 1.82) is 0 Å². The molecule has 0 aliphatic heterocycles. The Morgan fingerprint density at radius 1 is 1.08 bits per heavy atom. The van der Waals surface area contributed by atoms with Crippen LogP contribution in [0, 0.1) is 11.8 Å². The molecule has 0 radical (unpaired) electrons. The van der Waals surface area contributed by atoms with Crippen molar-refractivity contribution < 1.29 is 4.79 Å². The largest absolute Gasteiger partial charge is 0.370 e. The van der Waals surface area contributed by atoms with Gasteiger partial charge in [-0.05, 0) is 43.2 Å². The Morgan fingerprint density at radius 3 is 2.65 bits per heavy atom. The SMILES string of the molecule is CC#Cc1ccc(NCCc2ccccc2)nc1C(=O)c1cccnc1. The van der Waals surface area contributed by atoms with E-state index in [1.165, 1.54) is 5.56 Å². The maximum Gasteiger partial charge on any atom is 0.214 e. The maximum atomic E-state index is 12.8. The van der Waals surface area contributed by atoms with E-state index in [2.05, 4.69) is 39.3 Å². The molecule has 0 spiro atoms. The first-order valence-electron chi connectivity index (χ1n) is 8.44. The highest BCUT2D eigenvalue weighted by atomic mass is 16.1. The van der Waals surface area contributed by atoms with E-state index in [0.717, 1.165) is 13.0 Å². The summed E-state index contributed by atoms with van der Waals surface area (Å²) in [5, 5.41) is 3.28. The summed E-state index contributed by atoms with van der Waals surface area (Å²) in [7, 11) is 0. The maximum absolute atomic E-state index is 12.8. The zero-order valence-electron chi connectivity index (χ0n) is 14.6. The summed E-state index contributed by atoms with van der Waals surface area (Å²) in [6.45, 7) is 2.47. The van der Waals surface area contributed by atoms with E-state index in [9.17, 15) is 4.79 Å². The lowest BCUT2D eigenvalue weighted by molar-refractivity contribution is 0.103. The van der Waals surface area contributed by atoms with Gasteiger partial charge < -0.3 is 5.32 Å². The molecule has 4 nitrogen and oxygen atoms in total. The second-order valence-corrected chi connectivity index (χ2v) is 5.70. The molecule has 4 heteroatoms. The molecule has 1 N–H and O–H groups in total. The summed E-state index contributed by atoms with van der Waals surface area (Å²) < 4.78 is 0. The fourth-order valence-corrected chi connectivity index (χ4v) is 2.58. The average molecular weight is 341 g/mol. The van der Waals surface area contributed by atoms with Gasteiger partial charge in [0.15, 0.2) is 0 Å². The molecular weight excluding hydrogens is 322 g/mol. The van der Waals surface area contributed by atoms with Gasteiger partial charge in [-0.25, -0.2) is 4.98 Å². The first-order chi connectivity index (χ1) is 12.8. The van der Waals surface area contributed by atoms with Crippen LogP contribution in [0.5, 0.6) is 0 Å². The minimum absolute atomic E-state index is 0.178. The van der Waals surface area contributed by atoms with Gasteiger partial charge in [-0.2, -0.15) is 0 Å². The summed E-state index contributed by atoms with van der Waals surface area (Å²) in [6.07, 6.45) is 4.06. The van der Waals surface area contributed by atoms with Crippen LogP contribution >= 0.6 is 0 Å². The molecule has 1 aromatic carbocycles. The van der Waals surface area contributed by atoms with E-state index in [-0.39, 0.29) is 5.78 Å². The standard InChI is InChI=1S/C22H19N3O/c1-2-7-18-11-12-20(24-15-13-17-8-4-3-5-9-17)25-21(18)22(26)19-10-6-14-23-16-19/h3-6,8-12,14,16H,13,15H2,1H3,(H,24,25). The van der Waals surface area contributed by atoms with Crippen LogP contribution in [-0.4, -0.2) is 22.3 Å². The zero-order chi connectivity index (χ0) is 18.2. The summed E-state index contributed by atoms with van der Waals surface area (Å²) in [5.41, 5.74) is 2.72. The average Bonchev–Trinajstić information content (AvgIpc) is 2.70. The predicted molar refractivity (Wildman–Crippen MR) is 103 cm³/mol. The molecule has 0 unspecified atom stereocenters. The fraction of sp³-hybridized carbons (Fsp3) is 0.136. The molecule has 0 aliphatic rings. The number of anilines is 1. The molecule has 0 bridgehead atoms. The summed E-state index contributed by atoms with van der Waals surface area (Å²) in [6, 6.07) is 17.4. The van der Waals surface area contributed by atoms with Crippen LogP contribution in [0.25, 0.3) is 0 Å². The number of nitrogens with one attached hydrogen (secondary N) is 1. The zero-order valence-corrected chi connectivity index (χ0v) is 14.6. The van der Waals surface area contributed by atoms with Crippen LogP contribution in [0.15, 0.2) is 67.0 Å². The molecule has 0 saturated heterocycles. The van der Waals surface area contributed by atoms with E-state index >= 15 is 0 Å². The number of benzene rings is 1. The lowest BCUT2D eigenvalue weighted by Gasteiger charge is -2.09. The Balaban J connectivity index is 1.79.